The second-order valence-corrected chi connectivity index (χ2v) is 6.18. The van der Waals surface area contributed by atoms with Crippen molar-refractivity contribution < 1.29 is 19.0 Å². The van der Waals surface area contributed by atoms with Crippen LogP contribution in [0.4, 0.5) is 0 Å². The van der Waals surface area contributed by atoms with Gasteiger partial charge in [0.05, 0.1) is 19.8 Å². The molecule has 1 unspecified atom stereocenters. The average molecular weight is 483 g/mol. The lowest BCUT2D eigenvalue weighted by Gasteiger charge is -2.21. The van der Waals surface area contributed by atoms with Gasteiger partial charge in [-0.1, -0.05) is 0 Å². The lowest BCUT2D eigenvalue weighted by atomic mass is 9.96. The van der Waals surface area contributed by atoms with E-state index < -0.39 is 5.60 Å². The van der Waals surface area contributed by atoms with E-state index in [2.05, 4.69) is 15.6 Å². The summed E-state index contributed by atoms with van der Waals surface area (Å²) in [6.45, 7) is 11.1. The van der Waals surface area contributed by atoms with Crippen LogP contribution in [0.5, 0.6) is 0 Å². The number of guanidine groups is 1. The Morgan fingerprint density at radius 3 is 2.58 bits per heavy atom. The number of furan rings is 1. The molecule has 152 valence electrons. The van der Waals surface area contributed by atoms with Gasteiger partial charge in [-0.3, -0.25) is 0 Å². The van der Waals surface area contributed by atoms with Gasteiger partial charge < -0.3 is 29.6 Å². The summed E-state index contributed by atoms with van der Waals surface area (Å²) >= 11 is 0. The zero-order chi connectivity index (χ0) is 18.7. The molecule has 8 heteroatoms. The van der Waals surface area contributed by atoms with Crippen LogP contribution in [0.25, 0.3) is 0 Å². The van der Waals surface area contributed by atoms with Crippen LogP contribution in [0.15, 0.2) is 15.5 Å². The Hall–Kier alpha value is -0.840. The Labute approximate surface area is 173 Å². The van der Waals surface area contributed by atoms with Crippen molar-refractivity contribution in [1.82, 2.24) is 10.6 Å². The molecule has 0 spiro atoms. The first kappa shape index (κ1) is 25.2. The predicted octanol–water partition coefficient (Wildman–Crippen LogP) is 2.33. The molecular weight excluding hydrogens is 449 g/mol. The van der Waals surface area contributed by atoms with Crippen molar-refractivity contribution >= 4 is 29.9 Å². The van der Waals surface area contributed by atoms with E-state index >= 15 is 0 Å². The number of hydrogen-bond donors (Lipinski definition) is 3. The number of halogens is 1. The van der Waals surface area contributed by atoms with E-state index in [-0.39, 0.29) is 30.5 Å². The van der Waals surface area contributed by atoms with Crippen LogP contribution >= 0.6 is 24.0 Å². The molecule has 3 N–H and O–H groups in total. The van der Waals surface area contributed by atoms with Crippen molar-refractivity contribution in [3.8, 4) is 0 Å². The maximum atomic E-state index is 10.7. The number of nitrogens with one attached hydrogen (secondary N) is 2. The molecule has 0 aliphatic carbocycles. The molecule has 1 aromatic rings. The number of ether oxygens (including phenoxy) is 2. The summed E-state index contributed by atoms with van der Waals surface area (Å²) in [5.41, 5.74) is -0.302. The highest BCUT2D eigenvalue weighted by Crippen LogP contribution is 2.27. The number of methoxy groups -OCH3 is 1. The average Bonchev–Trinajstić information content (AvgIpc) is 2.91. The fourth-order valence-electron chi connectivity index (χ4n) is 2.45. The first-order valence-electron chi connectivity index (χ1n) is 8.79. The van der Waals surface area contributed by atoms with E-state index in [4.69, 9.17) is 13.9 Å². The van der Waals surface area contributed by atoms with E-state index in [1.54, 1.807) is 14.0 Å². The quantitative estimate of drug-likeness (QED) is 0.194. The molecule has 0 aliphatic heterocycles. The molecule has 1 aromatic heterocycles. The third-order valence-corrected chi connectivity index (χ3v) is 3.70. The molecule has 0 fully saturated rings. The van der Waals surface area contributed by atoms with E-state index in [1.165, 1.54) is 0 Å². The highest BCUT2D eigenvalue weighted by atomic mass is 127. The number of rotatable bonds is 11. The molecular formula is C18H34IN3O4. The van der Waals surface area contributed by atoms with Crippen LogP contribution in [-0.2, 0) is 15.1 Å². The van der Waals surface area contributed by atoms with Crippen LogP contribution in [0.2, 0.25) is 0 Å². The number of hydrogen-bond acceptors (Lipinski definition) is 5. The van der Waals surface area contributed by atoms with Gasteiger partial charge in [-0.05, 0) is 40.2 Å². The SMILES string of the molecule is CCNC(=NCC(C)(O)c1cc(C)oc1C)NCCCOCCOC.I. The predicted molar refractivity (Wildman–Crippen MR) is 114 cm³/mol. The highest BCUT2D eigenvalue weighted by molar-refractivity contribution is 14.0. The van der Waals surface area contributed by atoms with Crippen molar-refractivity contribution in [2.75, 3.05) is 46.6 Å². The lowest BCUT2D eigenvalue weighted by molar-refractivity contribution is 0.0655. The van der Waals surface area contributed by atoms with Gasteiger partial charge in [0.25, 0.3) is 0 Å². The largest absolute Gasteiger partial charge is 0.466 e. The minimum atomic E-state index is -1.08. The molecule has 0 aromatic carbocycles. The Morgan fingerprint density at radius 2 is 2.00 bits per heavy atom. The van der Waals surface area contributed by atoms with Crippen molar-refractivity contribution in [1.29, 1.82) is 0 Å². The zero-order valence-electron chi connectivity index (χ0n) is 16.6. The summed E-state index contributed by atoms with van der Waals surface area (Å²) in [5, 5.41) is 17.2. The van der Waals surface area contributed by atoms with E-state index in [0.717, 1.165) is 36.6 Å². The summed E-state index contributed by atoms with van der Waals surface area (Å²) in [7, 11) is 1.66. The fourth-order valence-corrected chi connectivity index (χ4v) is 2.45. The Balaban J connectivity index is 0.00000625. The first-order valence-corrected chi connectivity index (χ1v) is 8.79. The molecule has 0 aliphatic rings. The molecule has 1 rings (SSSR count). The van der Waals surface area contributed by atoms with Crippen molar-refractivity contribution in [2.24, 2.45) is 4.99 Å². The Morgan fingerprint density at radius 1 is 1.27 bits per heavy atom. The van der Waals surface area contributed by atoms with Gasteiger partial charge in [0.1, 0.15) is 17.1 Å². The normalized spacial score (nSPS) is 13.8. The van der Waals surface area contributed by atoms with Gasteiger partial charge in [-0.25, -0.2) is 4.99 Å². The molecule has 1 heterocycles. The van der Waals surface area contributed by atoms with Crippen LogP contribution < -0.4 is 10.6 Å². The number of aliphatic imine (C=N–C) groups is 1. The fraction of sp³-hybridized carbons (Fsp3) is 0.722. The molecule has 0 radical (unpaired) electrons. The first-order chi connectivity index (χ1) is 11.9. The van der Waals surface area contributed by atoms with Crippen molar-refractivity contribution in [3.05, 3.63) is 23.2 Å². The van der Waals surface area contributed by atoms with Gasteiger partial charge in [-0.2, -0.15) is 0 Å². The summed E-state index contributed by atoms with van der Waals surface area (Å²) < 4.78 is 15.9. The van der Waals surface area contributed by atoms with Gasteiger partial charge in [0.15, 0.2) is 5.96 Å². The molecule has 26 heavy (non-hydrogen) atoms. The number of aryl methyl sites for hydroxylation is 2. The smallest absolute Gasteiger partial charge is 0.191 e. The molecule has 7 nitrogen and oxygen atoms in total. The van der Waals surface area contributed by atoms with Crippen LogP contribution in [0.1, 0.15) is 37.4 Å². The van der Waals surface area contributed by atoms with Gasteiger partial charge in [0, 0.05) is 32.4 Å². The van der Waals surface area contributed by atoms with Gasteiger partial charge >= 0.3 is 0 Å². The monoisotopic (exact) mass is 483 g/mol. The third-order valence-electron chi connectivity index (χ3n) is 3.70. The van der Waals surface area contributed by atoms with Crippen molar-refractivity contribution in [3.63, 3.8) is 0 Å². The molecule has 0 bridgehead atoms. The summed E-state index contributed by atoms with van der Waals surface area (Å²) in [6.07, 6.45) is 0.866. The van der Waals surface area contributed by atoms with Crippen LogP contribution in [0, 0.1) is 13.8 Å². The minimum Gasteiger partial charge on any atom is -0.466 e. The summed E-state index contributed by atoms with van der Waals surface area (Å²) in [6, 6.07) is 1.86. The Kier molecular flexibility index (Phi) is 12.9. The maximum absolute atomic E-state index is 10.7. The van der Waals surface area contributed by atoms with E-state index in [9.17, 15) is 5.11 Å². The molecule has 0 saturated heterocycles. The molecule has 1 atom stereocenters. The van der Waals surface area contributed by atoms with Crippen molar-refractivity contribution in [2.45, 2.75) is 39.7 Å². The summed E-state index contributed by atoms with van der Waals surface area (Å²) in [4.78, 5) is 4.50. The Bertz CT molecular complexity index is 533. The standard InChI is InChI=1S/C18H33N3O4.HI/c1-6-19-17(20-8-7-9-24-11-10-23-5)21-13-18(4,22)16-12-14(2)25-15(16)3;/h12,22H,6-11,13H2,1-5H3,(H2,19,20,21);1H. The number of nitrogens with zero attached hydrogens (tertiary/aromatic N) is 1. The van der Waals surface area contributed by atoms with Gasteiger partial charge in [0.2, 0.25) is 0 Å². The summed E-state index contributed by atoms with van der Waals surface area (Å²) in [5.74, 6) is 2.19. The second kappa shape index (κ2) is 13.3. The highest BCUT2D eigenvalue weighted by Gasteiger charge is 2.27. The minimum absolute atomic E-state index is 0. The molecule has 0 saturated carbocycles. The maximum Gasteiger partial charge on any atom is 0.191 e. The number of aliphatic hydroxyl groups is 1. The van der Waals surface area contributed by atoms with E-state index in [0.29, 0.717) is 25.8 Å². The third kappa shape index (κ3) is 9.20. The molecule has 0 amide bonds. The van der Waals surface area contributed by atoms with Crippen LogP contribution in [0.3, 0.4) is 0 Å². The topological polar surface area (TPSA) is 88.3 Å². The van der Waals surface area contributed by atoms with E-state index in [1.807, 2.05) is 26.8 Å². The zero-order valence-corrected chi connectivity index (χ0v) is 18.9. The second-order valence-electron chi connectivity index (χ2n) is 6.18. The lowest BCUT2D eigenvalue weighted by Crippen LogP contribution is -2.39. The van der Waals surface area contributed by atoms with Gasteiger partial charge in [-0.15, -0.1) is 24.0 Å². The van der Waals surface area contributed by atoms with Crippen LogP contribution in [-0.4, -0.2) is 57.6 Å².